The number of hydrogen-bond acceptors (Lipinski definition) is 6. The fraction of sp³-hybridized carbons (Fsp3) is 0.389. The summed E-state index contributed by atoms with van der Waals surface area (Å²) >= 11 is 0. The third kappa shape index (κ3) is 4.37. The monoisotopic (exact) mass is 342 g/mol. The number of benzene rings is 1. The normalized spacial score (nSPS) is 16.6. The molecule has 0 aliphatic carbocycles. The SMILES string of the molecule is COc1nccnc1N1CCC(NC(=O)COc2cccc(C)c2)C1. The van der Waals surface area contributed by atoms with E-state index in [1.165, 1.54) is 0 Å². The lowest BCUT2D eigenvalue weighted by Gasteiger charge is -2.19. The van der Waals surface area contributed by atoms with Crippen LogP contribution in [0.5, 0.6) is 11.6 Å². The highest BCUT2D eigenvalue weighted by atomic mass is 16.5. The molecule has 0 saturated carbocycles. The number of aromatic nitrogens is 2. The number of ether oxygens (including phenoxy) is 2. The molecular weight excluding hydrogens is 320 g/mol. The van der Waals surface area contributed by atoms with Gasteiger partial charge in [0.25, 0.3) is 11.8 Å². The third-order valence-electron chi connectivity index (χ3n) is 4.05. The van der Waals surface area contributed by atoms with Gasteiger partial charge in [0.15, 0.2) is 12.4 Å². The maximum absolute atomic E-state index is 12.1. The van der Waals surface area contributed by atoms with Crippen LogP contribution in [0.25, 0.3) is 0 Å². The summed E-state index contributed by atoms with van der Waals surface area (Å²) in [6.07, 6.45) is 4.08. The molecule has 7 nitrogen and oxygen atoms in total. The van der Waals surface area contributed by atoms with Crippen molar-refractivity contribution in [3.05, 3.63) is 42.2 Å². The highest BCUT2D eigenvalue weighted by Gasteiger charge is 2.27. The first-order valence-electron chi connectivity index (χ1n) is 8.24. The minimum Gasteiger partial charge on any atom is -0.484 e. The quantitative estimate of drug-likeness (QED) is 0.859. The Morgan fingerprint density at radius 3 is 3.00 bits per heavy atom. The molecule has 7 heteroatoms. The Morgan fingerprint density at radius 2 is 2.20 bits per heavy atom. The zero-order chi connectivity index (χ0) is 17.6. The Kier molecular flexibility index (Phi) is 5.33. The van der Waals surface area contributed by atoms with Crippen molar-refractivity contribution in [2.24, 2.45) is 0 Å². The first-order valence-corrected chi connectivity index (χ1v) is 8.24. The van der Waals surface area contributed by atoms with Gasteiger partial charge in [-0.15, -0.1) is 0 Å². The summed E-state index contributed by atoms with van der Waals surface area (Å²) in [5.41, 5.74) is 1.10. The van der Waals surface area contributed by atoms with Crippen LogP contribution in [-0.4, -0.2) is 48.7 Å². The average Bonchev–Trinajstić information content (AvgIpc) is 3.08. The molecule has 1 aromatic carbocycles. The van der Waals surface area contributed by atoms with Crippen LogP contribution >= 0.6 is 0 Å². The molecule has 1 saturated heterocycles. The van der Waals surface area contributed by atoms with E-state index in [1.54, 1.807) is 19.5 Å². The summed E-state index contributed by atoms with van der Waals surface area (Å²) in [7, 11) is 1.57. The van der Waals surface area contributed by atoms with Crippen LogP contribution < -0.4 is 19.7 Å². The van der Waals surface area contributed by atoms with Crippen molar-refractivity contribution in [2.75, 3.05) is 31.7 Å². The van der Waals surface area contributed by atoms with Crippen LogP contribution in [0.15, 0.2) is 36.7 Å². The fourth-order valence-corrected chi connectivity index (χ4v) is 2.87. The second-order valence-electron chi connectivity index (χ2n) is 5.99. The predicted octanol–water partition coefficient (Wildman–Crippen LogP) is 1.57. The molecule has 0 radical (unpaired) electrons. The highest BCUT2D eigenvalue weighted by molar-refractivity contribution is 5.78. The summed E-state index contributed by atoms with van der Waals surface area (Å²) in [5, 5.41) is 3.01. The van der Waals surface area contributed by atoms with E-state index in [1.807, 2.05) is 31.2 Å². The number of carbonyl (C=O) groups is 1. The number of amides is 1. The van der Waals surface area contributed by atoms with E-state index in [2.05, 4.69) is 20.2 Å². The zero-order valence-corrected chi connectivity index (χ0v) is 14.4. The molecule has 132 valence electrons. The van der Waals surface area contributed by atoms with Crippen LogP contribution in [0.2, 0.25) is 0 Å². The van der Waals surface area contributed by atoms with Gasteiger partial charge < -0.3 is 19.7 Å². The standard InChI is InChI=1S/C18H22N4O3/c1-13-4-3-5-15(10-13)25-12-16(23)21-14-6-9-22(11-14)17-18(24-2)20-8-7-19-17/h3-5,7-8,10,14H,6,9,11-12H2,1-2H3,(H,21,23). The third-order valence-corrected chi connectivity index (χ3v) is 4.05. The maximum Gasteiger partial charge on any atom is 0.258 e. The molecule has 3 rings (SSSR count). The lowest BCUT2D eigenvalue weighted by Crippen LogP contribution is -2.39. The molecule has 25 heavy (non-hydrogen) atoms. The van der Waals surface area contributed by atoms with Crippen LogP contribution in [0, 0.1) is 6.92 Å². The number of methoxy groups -OCH3 is 1. The van der Waals surface area contributed by atoms with Crippen molar-refractivity contribution in [3.63, 3.8) is 0 Å². The van der Waals surface area contributed by atoms with E-state index < -0.39 is 0 Å². The lowest BCUT2D eigenvalue weighted by atomic mass is 10.2. The number of nitrogens with zero attached hydrogens (tertiary/aromatic N) is 3. The van der Waals surface area contributed by atoms with Crippen molar-refractivity contribution in [1.82, 2.24) is 15.3 Å². The number of aryl methyl sites for hydroxylation is 1. The number of carbonyl (C=O) groups excluding carboxylic acids is 1. The topological polar surface area (TPSA) is 76.6 Å². The molecule has 0 spiro atoms. The van der Waals surface area contributed by atoms with Gasteiger partial charge in [-0.1, -0.05) is 12.1 Å². The molecule has 1 aliphatic rings. The molecule has 2 heterocycles. The first-order chi connectivity index (χ1) is 12.2. The van der Waals surface area contributed by atoms with Gasteiger partial charge in [-0.3, -0.25) is 4.79 Å². The van der Waals surface area contributed by atoms with Crippen molar-refractivity contribution in [3.8, 4) is 11.6 Å². The second-order valence-corrected chi connectivity index (χ2v) is 5.99. The molecule has 1 amide bonds. The van der Waals surface area contributed by atoms with Gasteiger partial charge in [0.1, 0.15) is 5.75 Å². The number of hydrogen-bond donors (Lipinski definition) is 1. The largest absolute Gasteiger partial charge is 0.484 e. The average molecular weight is 342 g/mol. The predicted molar refractivity (Wildman–Crippen MR) is 94.0 cm³/mol. The van der Waals surface area contributed by atoms with Crippen LogP contribution in [0.1, 0.15) is 12.0 Å². The van der Waals surface area contributed by atoms with E-state index in [4.69, 9.17) is 9.47 Å². The van der Waals surface area contributed by atoms with Gasteiger partial charge in [0.05, 0.1) is 7.11 Å². The van der Waals surface area contributed by atoms with E-state index >= 15 is 0 Å². The smallest absolute Gasteiger partial charge is 0.258 e. The molecule has 1 aromatic heterocycles. The van der Waals surface area contributed by atoms with E-state index in [0.29, 0.717) is 24.0 Å². The Morgan fingerprint density at radius 1 is 1.36 bits per heavy atom. The molecular formula is C18H22N4O3. The number of anilines is 1. The second kappa shape index (κ2) is 7.83. The van der Waals surface area contributed by atoms with Crippen molar-refractivity contribution in [1.29, 1.82) is 0 Å². The van der Waals surface area contributed by atoms with E-state index in [-0.39, 0.29) is 18.6 Å². The molecule has 2 aromatic rings. The maximum atomic E-state index is 12.1. The van der Waals surface area contributed by atoms with Gasteiger partial charge in [0, 0.05) is 31.5 Å². The van der Waals surface area contributed by atoms with Crippen molar-refractivity contribution in [2.45, 2.75) is 19.4 Å². The Balaban J connectivity index is 1.50. The molecule has 1 aliphatic heterocycles. The van der Waals surface area contributed by atoms with Gasteiger partial charge >= 0.3 is 0 Å². The van der Waals surface area contributed by atoms with Gasteiger partial charge in [0.2, 0.25) is 0 Å². The van der Waals surface area contributed by atoms with Gasteiger partial charge in [-0.25, -0.2) is 9.97 Å². The summed E-state index contributed by atoms with van der Waals surface area (Å²) < 4.78 is 10.8. The summed E-state index contributed by atoms with van der Waals surface area (Å²) in [4.78, 5) is 22.7. The zero-order valence-electron chi connectivity index (χ0n) is 14.4. The van der Waals surface area contributed by atoms with Crippen molar-refractivity contribution < 1.29 is 14.3 Å². The van der Waals surface area contributed by atoms with E-state index in [0.717, 1.165) is 18.5 Å². The molecule has 1 atom stereocenters. The molecule has 0 bridgehead atoms. The Hall–Kier alpha value is -2.83. The fourth-order valence-electron chi connectivity index (χ4n) is 2.87. The first kappa shape index (κ1) is 17.0. The minimum atomic E-state index is -0.125. The van der Waals surface area contributed by atoms with Crippen molar-refractivity contribution >= 4 is 11.7 Å². The molecule has 1 unspecified atom stereocenters. The summed E-state index contributed by atoms with van der Waals surface area (Å²) in [6, 6.07) is 7.70. The van der Waals surface area contributed by atoms with Crippen LogP contribution in [-0.2, 0) is 4.79 Å². The minimum absolute atomic E-state index is 0.00835. The van der Waals surface area contributed by atoms with Gasteiger partial charge in [-0.05, 0) is 31.0 Å². The summed E-state index contributed by atoms with van der Waals surface area (Å²) in [5.74, 6) is 1.78. The Bertz CT molecular complexity index is 738. The Labute approximate surface area is 147 Å². The van der Waals surface area contributed by atoms with Crippen LogP contribution in [0.4, 0.5) is 5.82 Å². The molecule has 1 N–H and O–H groups in total. The number of rotatable bonds is 6. The molecule has 1 fully saturated rings. The van der Waals surface area contributed by atoms with E-state index in [9.17, 15) is 4.79 Å². The van der Waals surface area contributed by atoms with Crippen LogP contribution in [0.3, 0.4) is 0 Å². The lowest BCUT2D eigenvalue weighted by molar-refractivity contribution is -0.123. The highest BCUT2D eigenvalue weighted by Crippen LogP contribution is 2.25. The van der Waals surface area contributed by atoms with Gasteiger partial charge in [-0.2, -0.15) is 0 Å². The summed E-state index contributed by atoms with van der Waals surface area (Å²) in [6.45, 7) is 3.46. The number of nitrogens with one attached hydrogen (secondary N) is 1.